The van der Waals surface area contributed by atoms with Gasteiger partial charge in [-0.15, -0.1) is 0 Å². The summed E-state index contributed by atoms with van der Waals surface area (Å²) >= 11 is 6.25. The van der Waals surface area contributed by atoms with E-state index in [0.29, 0.717) is 16.5 Å². The largest absolute Gasteiger partial charge is 0.495 e. The van der Waals surface area contributed by atoms with Crippen molar-refractivity contribution in [2.24, 2.45) is 0 Å². The van der Waals surface area contributed by atoms with E-state index in [1.54, 1.807) is 25.3 Å². The van der Waals surface area contributed by atoms with Crippen LogP contribution in [0.4, 0.5) is 5.69 Å². The zero-order chi connectivity index (χ0) is 23.3. The van der Waals surface area contributed by atoms with Gasteiger partial charge in [0, 0.05) is 31.4 Å². The molecule has 5 atom stereocenters. The van der Waals surface area contributed by atoms with Crippen LogP contribution in [0, 0.1) is 0 Å². The monoisotopic (exact) mass is 493 g/mol. The van der Waals surface area contributed by atoms with Crippen molar-refractivity contribution in [3.63, 3.8) is 0 Å². The van der Waals surface area contributed by atoms with Crippen molar-refractivity contribution < 1.29 is 33.2 Å². The molecule has 34 heavy (non-hydrogen) atoms. The number of carbonyl (C=O) groups is 1. The lowest BCUT2D eigenvalue weighted by Gasteiger charge is -2.36. The summed E-state index contributed by atoms with van der Waals surface area (Å²) in [7, 11) is 1.55. The van der Waals surface area contributed by atoms with Gasteiger partial charge in [0.25, 0.3) is 5.91 Å². The van der Waals surface area contributed by atoms with Crippen LogP contribution in [0.2, 0.25) is 5.02 Å². The number of fused-ring (bicyclic) bond motifs is 3. The lowest BCUT2D eigenvalue weighted by Crippen LogP contribution is -2.58. The Balaban J connectivity index is 1.26. The highest BCUT2D eigenvalue weighted by Gasteiger charge is 2.65. The summed E-state index contributed by atoms with van der Waals surface area (Å²) in [4.78, 5) is 13.5. The molecule has 2 saturated carbocycles. The fourth-order valence-corrected chi connectivity index (χ4v) is 6.38. The summed E-state index contributed by atoms with van der Waals surface area (Å²) < 4.78 is 37.5. The molecule has 0 bridgehead atoms. The molecular formula is C25H32ClNO7. The predicted molar refractivity (Wildman–Crippen MR) is 123 cm³/mol. The zero-order valence-corrected chi connectivity index (χ0v) is 20.2. The zero-order valence-electron chi connectivity index (χ0n) is 19.4. The Morgan fingerprint density at radius 2 is 1.53 bits per heavy atom. The molecular weight excluding hydrogens is 462 g/mol. The van der Waals surface area contributed by atoms with E-state index in [1.807, 2.05) is 0 Å². The van der Waals surface area contributed by atoms with Crippen LogP contribution in [0.25, 0.3) is 0 Å². The van der Waals surface area contributed by atoms with E-state index in [1.165, 1.54) is 6.42 Å². The highest BCUT2D eigenvalue weighted by atomic mass is 35.5. The van der Waals surface area contributed by atoms with Gasteiger partial charge in [0.15, 0.2) is 24.0 Å². The van der Waals surface area contributed by atoms with Crippen LogP contribution in [-0.4, -0.2) is 55.3 Å². The van der Waals surface area contributed by atoms with Crippen LogP contribution < -0.4 is 10.1 Å². The molecule has 6 rings (SSSR count). The summed E-state index contributed by atoms with van der Waals surface area (Å²) in [5, 5.41) is 3.34. The number of methoxy groups -OCH3 is 1. The third kappa shape index (κ3) is 4.02. The molecule has 1 aromatic carbocycles. The van der Waals surface area contributed by atoms with Crippen molar-refractivity contribution in [1.29, 1.82) is 0 Å². The fraction of sp³-hybridized carbons (Fsp3) is 0.720. The van der Waals surface area contributed by atoms with E-state index in [2.05, 4.69) is 5.32 Å². The van der Waals surface area contributed by atoms with Crippen molar-refractivity contribution >= 4 is 23.2 Å². The number of amides is 1. The Hall–Kier alpha value is -1.42. The second-order valence-corrected chi connectivity index (χ2v) is 10.5. The molecule has 5 fully saturated rings. The molecule has 3 heterocycles. The number of benzene rings is 1. The van der Waals surface area contributed by atoms with Crippen molar-refractivity contribution in [2.45, 2.75) is 106 Å². The standard InChI is InChI=1S/C25H32ClNO7/c1-29-17-9-8-15(14-16(17)26)27-22(28)20-18-19(32-24(31-18)10-4-2-5-11-24)21-23(30-20)34-25(33-21)12-6-3-7-13-25/h8-9,14,18-21,23H,2-7,10-13H2,1H3,(H,27,28)/t18-,19+,20+,21+,23+/m0/s1. The second-order valence-electron chi connectivity index (χ2n) is 10.1. The molecule has 2 spiro atoms. The second kappa shape index (κ2) is 8.91. The average molecular weight is 494 g/mol. The number of rotatable bonds is 3. The van der Waals surface area contributed by atoms with E-state index < -0.39 is 42.3 Å². The first kappa shape index (κ1) is 23.0. The Bertz CT molecular complexity index is 930. The number of carbonyl (C=O) groups excluding carboxylic acids is 1. The molecule has 1 aromatic rings. The van der Waals surface area contributed by atoms with E-state index >= 15 is 0 Å². The third-order valence-corrected chi connectivity index (χ3v) is 8.08. The maximum absolute atomic E-state index is 13.5. The van der Waals surface area contributed by atoms with Crippen molar-refractivity contribution in [2.75, 3.05) is 12.4 Å². The summed E-state index contributed by atoms with van der Waals surface area (Å²) in [5.41, 5.74) is 0.553. The van der Waals surface area contributed by atoms with E-state index in [9.17, 15) is 4.79 Å². The summed E-state index contributed by atoms with van der Waals surface area (Å²) in [5.74, 6) is -1.12. The molecule has 3 saturated heterocycles. The van der Waals surface area contributed by atoms with Crippen LogP contribution >= 0.6 is 11.6 Å². The number of ether oxygens (including phenoxy) is 6. The van der Waals surface area contributed by atoms with E-state index in [0.717, 1.165) is 57.8 Å². The van der Waals surface area contributed by atoms with Gasteiger partial charge in [-0.25, -0.2) is 0 Å². The van der Waals surface area contributed by atoms with Gasteiger partial charge >= 0.3 is 0 Å². The Morgan fingerprint density at radius 1 is 0.912 bits per heavy atom. The highest BCUT2D eigenvalue weighted by molar-refractivity contribution is 6.32. The van der Waals surface area contributed by atoms with Gasteiger partial charge in [-0.2, -0.15) is 0 Å². The summed E-state index contributed by atoms with van der Waals surface area (Å²) in [6.45, 7) is 0. The number of anilines is 1. The van der Waals surface area contributed by atoms with Crippen LogP contribution in [0.5, 0.6) is 5.75 Å². The van der Waals surface area contributed by atoms with Gasteiger partial charge in [0.2, 0.25) is 0 Å². The summed E-state index contributed by atoms with van der Waals surface area (Å²) in [6.07, 6.45) is 6.83. The molecule has 186 valence electrons. The van der Waals surface area contributed by atoms with Gasteiger partial charge in [0.05, 0.1) is 12.1 Å². The molecule has 1 N–H and O–H groups in total. The van der Waals surface area contributed by atoms with Gasteiger partial charge < -0.3 is 33.7 Å². The topological polar surface area (TPSA) is 84.5 Å². The summed E-state index contributed by atoms with van der Waals surface area (Å²) in [6, 6.07) is 5.11. The molecule has 9 heteroatoms. The maximum atomic E-state index is 13.5. The minimum absolute atomic E-state index is 0.320. The molecule has 1 amide bonds. The Labute approximate surface area is 204 Å². The molecule has 5 aliphatic rings. The van der Waals surface area contributed by atoms with E-state index in [-0.39, 0.29) is 5.91 Å². The lowest BCUT2D eigenvalue weighted by atomic mass is 9.94. The minimum atomic E-state index is -0.893. The maximum Gasteiger partial charge on any atom is 0.256 e. The first-order valence-corrected chi connectivity index (χ1v) is 12.9. The van der Waals surface area contributed by atoms with Crippen LogP contribution in [-0.2, 0) is 28.5 Å². The number of hydrogen-bond donors (Lipinski definition) is 1. The minimum Gasteiger partial charge on any atom is -0.495 e. The third-order valence-electron chi connectivity index (χ3n) is 7.79. The van der Waals surface area contributed by atoms with Crippen LogP contribution in [0.3, 0.4) is 0 Å². The Kier molecular flexibility index (Phi) is 6.03. The molecule has 0 radical (unpaired) electrons. The normalized spacial score (nSPS) is 35.6. The van der Waals surface area contributed by atoms with Crippen molar-refractivity contribution in [3.05, 3.63) is 23.2 Å². The van der Waals surface area contributed by atoms with Gasteiger partial charge in [-0.1, -0.05) is 24.4 Å². The molecule has 0 unspecified atom stereocenters. The van der Waals surface area contributed by atoms with Gasteiger partial charge in [0.1, 0.15) is 24.1 Å². The molecule has 2 aliphatic carbocycles. The predicted octanol–water partition coefficient (Wildman–Crippen LogP) is 4.53. The smallest absolute Gasteiger partial charge is 0.256 e. The van der Waals surface area contributed by atoms with Crippen molar-refractivity contribution in [1.82, 2.24) is 0 Å². The highest BCUT2D eigenvalue weighted by Crippen LogP contribution is 2.51. The molecule has 8 nitrogen and oxygen atoms in total. The number of hydrogen-bond acceptors (Lipinski definition) is 7. The number of nitrogens with one attached hydrogen (secondary N) is 1. The van der Waals surface area contributed by atoms with Crippen LogP contribution in [0.1, 0.15) is 64.2 Å². The average Bonchev–Trinajstić information content (AvgIpc) is 3.37. The quantitative estimate of drug-likeness (QED) is 0.662. The fourth-order valence-electron chi connectivity index (χ4n) is 6.13. The van der Waals surface area contributed by atoms with E-state index in [4.69, 9.17) is 40.0 Å². The van der Waals surface area contributed by atoms with Crippen molar-refractivity contribution in [3.8, 4) is 5.75 Å². The first-order chi connectivity index (χ1) is 16.5. The number of halogens is 1. The SMILES string of the molecule is COc1ccc(NC(=O)[C@@H]2O[C@@H]3OC4(CCCCC4)O[C@@H]3[C@@H]3OC4(CCCCC4)O[C@@H]32)cc1Cl. The van der Waals surface area contributed by atoms with Crippen LogP contribution in [0.15, 0.2) is 18.2 Å². The van der Waals surface area contributed by atoms with Gasteiger partial charge in [-0.3, -0.25) is 4.79 Å². The first-order valence-electron chi connectivity index (χ1n) is 12.5. The van der Waals surface area contributed by atoms with Gasteiger partial charge in [-0.05, 0) is 43.9 Å². The Morgan fingerprint density at radius 3 is 2.18 bits per heavy atom. The molecule has 3 aliphatic heterocycles. The molecule has 0 aromatic heterocycles. The lowest BCUT2D eigenvalue weighted by molar-refractivity contribution is -0.246.